The fraction of sp³-hybridized carbons (Fsp3) is 0.0769. The number of hydrogen-bond donors (Lipinski definition) is 2. The molecule has 0 saturated carbocycles. The van der Waals surface area contributed by atoms with Crippen LogP contribution in [0.1, 0.15) is 15.9 Å². The van der Waals surface area contributed by atoms with E-state index in [1.807, 2.05) is 25.1 Å². The molecule has 9 heteroatoms. The van der Waals surface area contributed by atoms with Gasteiger partial charge in [-0.1, -0.05) is 42.5 Å². The summed E-state index contributed by atoms with van der Waals surface area (Å²) in [6, 6.07) is 22.6. The van der Waals surface area contributed by atoms with E-state index in [-0.39, 0.29) is 21.9 Å². The second kappa shape index (κ2) is 9.86. The molecule has 35 heavy (non-hydrogen) atoms. The highest BCUT2D eigenvalue weighted by Crippen LogP contribution is 2.29. The first-order valence-corrected chi connectivity index (χ1v) is 12.0. The van der Waals surface area contributed by atoms with Crippen molar-refractivity contribution in [2.45, 2.75) is 11.8 Å². The van der Waals surface area contributed by atoms with Crippen molar-refractivity contribution >= 4 is 44.3 Å². The number of methoxy groups -OCH3 is 1. The molecule has 8 nitrogen and oxygen atoms in total. The summed E-state index contributed by atoms with van der Waals surface area (Å²) in [7, 11) is -3.13. The van der Waals surface area contributed by atoms with Gasteiger partial charge in [0.05, 0.1) is 7.11 Å². The molecule has 0 aliphatic heterocycles. The zero-order valence-corrected chi connectivity index (χ0v) is 19.8. The van der Waals surface area contributed by atoms with Crippen LogP contribution in [0.25, 0.3) is 10.8 Å². The second-order valence-corrected chi connectivity index (χ2v) is 9.24. The second-order valence-electron chi connectivity index (χ2n) is 7.70. The van der Waals surface area contributed by atoms with E-state index in [0.29, 0.717) is 11.1 Å². The van der Waals surface area contributed by atoms with Crippen molar-refractivity contribution in [2.24, 2.45) is 0 Å². The van der Waals surface area contributed by atoms with E-state index in [1.54, 1.807) is 36.4 Å². The first kappa shape index (κ1) is 23.8. The van der Waals surface area contributed by atoms with Crippen molar-refractivity contribution in [3.8, 4) is 5.75 Å². The van der Waals surface area contributed by atoms with Crippen molar-refractivity contribution < 1.29 is 26.9 Å². The Bertz CT molecular complexity index is 1530. The Kier molecular flexibility index (Phi) is 6.70. The molecule has 4 rings (SSSR count). The summed E-state index contributed by atoms with van der Waals surface area (Å²) in [6.07, 6.45) is 0. The maximum absolute atomic E-state index is 13.0. The largest absolute Gasteiger partial charge is 0.465 e. The Hall–Kier alpha value is -4.37. The van der Waals surface area contributed by atoms with Gasteiger partial charge in [-0.25, -0.2) is 9.59 Å². The lowest BCUT2D eigenvalue weighted by Gasteiger charge is -2.13. The summed E-state index contributed by atoms with van der Waals surface area (Å²) < 4.78 is 36.2. The highest BCUT2D eigenvalue weighted by molar-refractivity contribution is 7.87. The molecule has 0 atom stereocenters. The third kappa shape index (κ3) is 5.59. The maximum Gasteiger partial charge on any atom is 0.341 e. The molecule has 0 aliphatic rings. The fourth-order valence-corrected chi connectivity index (χ4v) is 4.43. The van der Waals surface area contributed by atoms with Crippen LogP contribution in [0.4, 0.5) is 16.2 Å². The minimum atomic E-state index is -4.30. The van der Waals surface area contributed by atoms with Crippen LogP contribution >= 0.6 is 0 Å². The smallest absolute Gasteiger partial charge is 0.341 e. The van der Waals surface area contributed by atoms with Gasteiger partial charge in [-0.05, 0) is 59.7 Å². The molecule has 2 N–H and O–H groups in total. The number of carbonyl (C=O) groups excluding carboxylic acids is 2. The molecule has 0 aliphatic carbocycles. The summed E-state index contributed by atoms with van der Waals surface area (Å²) in [5.41, 5.74) is 1.66. The van der Waals surface area contributed by atoms with Crippen LogP contribution in [0, 0.1) is 6.92 Å². The van der Waals surface area contributed by atoms with Crippen LogP contribution in [0.5, 0.6) is 5.75 Å². The molecule has 0 aromatic heterocycles. The minimum Gasteiger partial charge on any atom is -0.465 e. The Morgan fingerprint density at radius 2 is 1.49 bits per heavy atom. The van der Waals surface area contributed by atoms with E-state index in [0.717, 1.165) is 10.9 Å². The fourth-order valence-electron chi connectivity index (χ4n) is 3.45. The SMILES string of the molecule is COC(=O)c1ccc(NC(=O)Nc2cccc(C)c2)cc1OS(=O)(=O)c1ccc2ccccc2c1. The zero-order chi connectivity index (χ0) is 25.0. The van der Waals surface area contributed by atoms with Gasteiger partial charge in [0.25, 0.3) is 0 Å². The first-order valence-electron chi connectivity index (χ1n) is 10.6. The van der Waals surface area contributed by atoms with Crippen molar-refractivity contribution in [3.05, 3.63) is 96.1 Å². The molecule has 4 aromatic rings. The molecule has 0 fully saturated rings. The van der Waals surface area contributed by atoms with E-state index in [4.69, 9.17) is 8.92 Å². The molecule has 2 amide bonds. The number of anilines is 2. The van der Waals surface area contributed by atoms with Crippen LogP contribution < -0.4 is 14.8 Å². The summed E-state index contributed by atoms with van der Waals surface area (Å²) in [4.78, 5) is 24.6. The van der Waals surface area contributed by atoms with Gasteiger partial charge in [-0.3, -0.25) is 0 Å². The molecule has 0 spiro atoms. The number of benzene rings is 4. The highest BCUT2D eigenvalue weighted by atomic mass is 32.2. The summed E-state index contributed by atoms with van der Waals surface area (Å²) in [6.45, 7) is 1.90. The van der Waals surface area contributed by atoms with Crippen LogP contribution in [-0.2, 0) is 14.9 Å². The molecule has 0 heterocycles. The molecule has 4 aromatic carbocycles. The van der Waals surface area contributed by atoms with Gasteiger partial charge in [0.15, 0.2) is 5.75 Å². The maximum atomic E-state index is 13.0. The van der Waals surface area contributed by atoms with E-state index < -0.39 is 22.1 Å². The third-order valence-corrected chi connectivity index (χ3v) is 6.36. The lowest BCUT2D eigenvalue weighted by Crippen LogP contribution is -2.20. The Labute approximate surface area is 202 Å². The topological polar surface area (TPSA) is 111 Å². The summed E-state index contributed by atoms with van der Waals surface area (Å²) >= 11 is 0. The Morgan fingerprint density at radius 1 is 0.771 bits per heavy atom. The zero-order valence-electron chi connectivity index (χ0n) is 18.9. The number of rotatable bonds is 6. The van der Waals surface area contributed by atoms with E-state index in [9.17, 15) is 18.0 Å². The van der Waals surface area contributed by atoms with Crippen molar-refractivity contribution in [1.82, 2.24) is 0 Å². The van der Waals surface area contributed by atoms with Crippen molar-refractivity contribution in [2.75, 3.05) is 17.7 Å². The van der Waals surface area contributed by atoms with Gasteiger partial charge in [0.1, 0.15) is 10.5 Å². The van der Waals surface area contributed by atoms with E-state index in [1.165, 1.54) is 37.4 Å². The average molecular weight is 491 g/mol. The monoisotopic (exact) mass is 490 g/mol. The minimum absolute atomic E-state index is 0.0810. The Balaban J connectivity index is 1.62. The lowest BCUT2D eigenvalue weighted by molar-refractivity contribution is 0.0599. The van der Waals surface area contributed by atoms with Crippen molar-refractivity contribution in [3.63, 3.8) is 0 Å². The number of nitrogens with one attached hydrogen (secondary N) is 2. The van der Waals surface area contributed by atoms with Crippen LogP contribution in [0.15, 0.2) is 89.8 Å². The average Bonchev–Trinajstić information content (AvgIpc) is 2.83. The van der Waals surface area contributed by atoms with Gasteiger partial charge < -0.3 is 19.6 Å². The number of carbonyl (C=O) groups is 2. The Morgan fingerprint density at radius 3 is 2.20 bits per heavy atom. The van der Waals surface area contributed by atoms with Gasteiger partial charge in [0, 0.05) is 17.4 Å². The molecule has 0 saturated heterocycles. The quantitative estimate of drug-likeness (QED) is 0.279. The van der Waals surface area contributed by atoms with Gasteiger partial charge in [-0.2, -0.15) is 8.42 Å². The number of hydrogen-bond acceptors (Lipinski definition) is 6. The van der Waals surface area contributed by atoms with Crippen LogP contribution in [-0.4, -0.2) is 27.5 Å². The number of amides is 2. The predicted molar refractivity (Wildman–Crippen MR) is 133 cm³/mol. The predicted octanol–water partition coefficient (Wildman–Crippen LogP) is 5.35. The van der Waals surface area contributed by atoms with Gasteiger partial charge in [0.2, 0.25) is 0 Å². The van der Waals surface area contributed by atoms with Crippen LogP contribution in [0.3, 0.4) is 0 Å². The van der Waals surface area contributed by atoms with Crippen molar-refractivity contribution in [1.29, 1.82) is 0 Å². The van der Waals surface area contributed by atoms with Crippen LogP contribution in [0.2, 0.25) is 0 Å². The normalized spacial score (nSPS) is 11.0. The third-order valence-electron chi connectivity index (χ3n) is 5.13. The number of esters is 1. The number of aryl methyl sites for hydroxylation is 1. The molecule has 178 valence electrons. The van der Waals surface area contributed by atoms with E-state index >= 15 is 0 Å². The van der Waals surface area contributed by atoms with Gasteiger partial charge in [-0.15, -0.1) is 0 Å². The molecular formula is C26H22N2O6S. The summed E-state index contributed by atoms with van der Waals surface area (Å²) in [5.74, 6) is -1.07. The number of fused-ring (bicyclic) bond motifs is 1. The highest BCUT2D eigenvalue weighted by Gasteiger charge is 2.23. The molecule has 0 bridgehead atoms. The molecular weight excluding hydrogens is 468 g/mol. The number of ether oxygens (including phenoxy) is 1. The molecule has 0 radical (unpaired) electrons. The molecule has 0 unspecified atom stereocenters. The lowest BCUT2D eigenvalue weighted by atomic mass is 10.1. The van der Waals surface area contributed by atoms with Gasteiger partial charge >= 0.3 is 22.1 Å². The summed E-state index contributed by atoms with van der Waals surface area (Å²) in [5, 5.41) is 6.88. The standard InChI is InChI=1S/C26H22N2O6S/c1-17-6-5-9-20(14-17)27-26(30)28-21-11-13-23(25(29)33-2)24(16-21)34-35(31,32)22-12-10-18-7-3-4-8-19(18)15-22/h3-16H,1-2H3,(H2,27,28,30). The van der Waals surface area contributed by atoms with E-state index in [2.05, 4.69) is 10.6 Å². The first-order chi connectivity index (χ1) is 16.7. The number of urea groups is 1.